The Morgan fingerprint density at radius 2 is 1.70 bits per heavy atom. The lowest BCUT2D eigenvalue weighted by molar-refractivity contribution is -0.295. The first-order valence-corrected chi connectivity index (χ1v) is 16.3. The Morgan fingerprint density at radius 1 is 1.07 bits per heavy atom. The molecule has 43 heavy (non-hydrogen) atoms. The number of ether oxygens (including phenoxy) is 4. The highest BCUT2D eigenvalue weighted by Gasteiger charge is 2.52. The molecule has 0 aromatic carbocycles. The predicted octanol–water partition coefficient (Wildman–Crippen LogP) is 3.05. The molecule has 0 spiro atoms. The topological polar surface area (TPSA) is 101 Å². The van der Waals surface area contributed by atoms with Crippen molar-refractivity contribution >= 4 is 11.8 Å². The summed E-state index contributed by atoms with van der Waals surface area (Å²) in [6.07, 6.45) is -0.811. The molecule has 3 aliphatic heterocycles. The summed E-state index contributed by atoms with van der Waals surface area (Å²) < 4.78 is 25.2. The maximum absolute atomic E-state index is 14.2. The highest BCUT2D eigenvalue weighted by molar-refractivity contribution is 6.04. The number of carbonyl (C=O) groups is 2. The van der Waals surface area contributed by atoms with Gasteiger partial charge in [-0.15, -0.1) is 0 Å². The van der Waals surface area contributed by atoms with Crippen molar-refractivity contribution in [1.29, 1.82) is 0 Å². The van der Waals surface area contributed by atoms with Gasteiger partial charge in [-0.3, -0.25) is 14.5 Å². The summed E-state index contributed by atoms with van der Waals surface area (Å²) in [5.74, 6) is -1.02. The number of aliphatic hydroxyl groups is 1. The zero-order chi connectivity index (χ0) is 32.4. The molecule has 250 valence electrons. The molecule has 0 unspecified atom stereocenters. The summed E-state index contributed by atoms with van der Waals surface area (Å²) in [6, 6.07) is -0.139. The van der Waals surface area contributed by atoms with Gasteiger partial charge in [0.25, 0.3) is 0 Å². The second kappa shape index (κ2) is 14.5. The van der Waals surface area contributed by atoms with E-state index in [2.05, 4.69) is 30.7 Å². The van der Waals surface area contributed by atoms with Crippen LogP contribution in [-0.4, -0.2) is 134 Å². The van der Waals surface area contributed by atoms with Crippen LogP contribution in [0.15, 0.2) is 0 Å². The van der Waals surface area contributed by atoms with Gasteiger partial charge in [0.1, 0.15) is 17.6 Å². The smallest absolute Gasteiger partial charge is 0.319 e. The fraction of sp³-hybridized carbons (Fsp3) is 0.939. The van der Waals surface area contributed by atoms with E-state index >= 15 is 0 Å². The van der Waals surface area contributed by atoms with E-state index in [1.165, 1.54) is 0 Å². The summed E-state index contributed by atoms with van der Waals surface area (Å²) in [7, 11) is 7.61. The highest BCUT2D eigenvalue weighted by atomic mass is 16.7. The molecule has 0 saturated carbocycles. The van der Waals surface area contributed by atoms with Gasteiger partial charge in [-0.1, -0.05) is 20.8 Å². The molecule has 0 aromatic heterocycles. The van der Waals surface area contributed by atoms with Gasteiger partial charge in [-0.25, -0.2) is 0 Å². The molecule has 3 fully saturated rings. The summed E-state index contributed by atoms with van der Waals surface area (Å²) in [4.78, 5) is 34.7. The number of aliphatic hydroxyl groups excluding tert-OH is 1. The van der Waals surface area contributed by atoms with Crippen molar-refractivity contribution in [2.75, 3.05) is 54.4 Å². The molecule has 1 N–H and O–H groups in total. The van der Waals surface area contributed by atoms with Crippen molar-refractivity contribution in [1.82, 2.24) is 14.7 Å². The third-order valence-electron chi connectivity index (χ3n) is 10.3. The van der Waals surface area contributed by atoms with Gasteiger partial charge >= 0.3 is 5.97 Å². The number of cyclic esters (lactones) is 1. The largest absolute Gasteiger partial charge is 0.460 e. The number of nitrogens with zero attached hydrogens (tertiary/aromatic N) is 3. The second-order valence-corrected chi connectivity index (χ2v) is 14.8. The predicted molar refractivity (Wildman–Crippen MR) is 167 cm³/mol. The summed E-state index contributed by atoms with van der Waals surface area (Å²) in [6.45, 7) is 19.1. The highest BCUT2D eigenvalue weighted by Crippen LogP contribution is 2.39. The van der Waals surface area contributed by atoms with Crippen LogP contribution in [0.3, 0.4) is 0 Å². The number of hydrogen-bond donors (Lipinski definition) is 1. The number of rotatable bonds is 7. The van der Waals surface area contributed by atoms with Crippen molar-refractivity contribution in [3.63, 3.8) is 0 Å². The number of carbonyl (C=O) groups excluding carboxylic acids is 2. The minimum Gasteiger partial charge on any atom is -0.460 e. The van der Waals surface area contributed by atoms with Gasteiger partial charge < -0.3 is 33.9 Å². The molecular formula is C33H61N3O7. The fourth-order valence-electron chi connectivity index (χ4n) is 7.89. The number of methoxy groups -OCH3 is 1. The first-order chi connectivity index (χ1) is 20.0. The molecule has 3 saturated heterocycles. The van der Waals surface area contributed by atoms with Crippen molar-refractivity contribution < 1.29 is 33.6 Å². The van der Waals surface area contributed by atoms with Gasteiger partial charge in [0.15, 0.2) is 12.1 Å². The van der Waals surface area contributed by atoms with E-state index in [4.69, 9.17) is 18.9 Å². The number of Topliss-reactive ketones (excluding diaryl/α,β-unsaturated/α-hetero) is 1. The van der Waals surface area contributed by atoms with Crippen LogP contribution >= 0.6 is 0 Å². The Morgan fingerprint density at radius 3 is 2.26 bits per heavy atom. The Kier molecular flexibility index (Phi) is 12.3. The third kappa shape index (κ3) is 7.99. The van der Waals surface area contributed by atoms with Crippen molar-refractivity contribution in [3.8, 4) is 0 Å². The lowest BCUT2D eigenvalue weighted by Gasteiger charge is -2.49. The summed E-state index contributed by atoms with van der Waals surface area (Å²) >= 11 is 0. The lowest BCUT2D eigenvalue weighted by atomic mass is 9.74. The molecule has 0 radical (unpaired) electrons. The average Bonchev–Trinajstić information content (AvgIpc) is 2.90. The normalized spacial score (nSPS) is 41.2. The Hall–Kier alpha value is -1.14. The average molecular weight is 612 g/mol. The number of ketones is 1. The Bertz CT molecular complexity index is 941. The van der Waals surface area contributed by atoms with E-state index < -0.39 is 41.4 Å². The molecule has 0 aliphatic carbocycles. The van der Waals surface area contributed by atoms with Crippen LogP contribution in [0.2, 0.25) is 0 Å². The van der Waals surface area contributed by atoms with E-state index in [1.54, 1.807) is 27.9 Å². The minimum atomic E-state index is -1.41. The zero-order valence-electron chi connectivity index (χ0n) is 29.0. The van der Waals surface area contributed by atoms with Gasteiger partial charge in [0.05, 0.1) is 23.9 Å². The molecule has 3 heterocycles. The van der Waals surface area contributed by atoms with Crippen LogP contribution in [0, 0.1) is 23.2 Å². The maximum atomic E-state index is 14.2. The molecule has 10 atom stereocenters. The van der Waals surface area contributed by atoms with E-state index in [0.29, 0.717) is 18.8 Å². The second-order valence-electron chi connectivity index (χ2n) is 14.8. The maximum Gasteiger partial charge on any atom is 0.319 e. The molecule has 3 aliphatic rings. The van der Waals surface area contributed by atoms with E-state index in [-0.39, 0.29) is 36.0 Å². The van der Waals surface area contributed by atoms with Crippen LogP contribution in [-0.2, 0) is 28.5 Å². The molecule has 10 nitrogen and oxygen atoms in total. The van der Waals surface area contributed by atoms with E-state index in [9.17, 15) is 14.7 Å². The van der Waals surface area contributed by atoms with Crippen LogP contribution in [0.1, 0.15) is 74.7 Å². The first kappa shape index (κ1) is 36.3. The Balaban J connectivity index is 1.99. The molecule has 10 heteroatoms. The molecule has 0 bridgehead atoms. The van der Waals surface area contributed by atoms with Crippen LogP contribution in [0.25, 0.3) is 0 Å². The van der Waals surface area contributed by atoms with Gasteiger partial charge in [-0.05, 0) is 87.5 Å². The summed E-state index contributed by atoms with van der Waals surface area (Å²) in [5.41, 5.74) is -2.32. The molecule has 3 rings (SSSR count). The minimum absolute atomic E-state index is 0.0275. The van der Waals surface area contributed by atoms with E-state index in [0.717, 1.165) is 32.6 Å². The van der Waals surface area contributed by atoms with Gasteiger partial charge in [0, 0.05) is 44.6 Å². The number of hydrogen-bond acceptors (Lipinski definition) is 10. The van der Waals surface area contributed by atoms with Crippen molar-refractivity contribution in [2.24, 2.45) is 23.2 Å². The SMILES string of the molecule is CCCN1CC([C@@H]2[C@@H](C)OC(=O)C(C)(C)C(=O)[C@H](C)[C@@H](O[C@@H]3O[C@H](C)C[C@H](N(C)C)[C@H]3O)[C@](C)(OC)C[C@@H](C)CN2C)C1. The zero-order valence-corrected chi connectivity index (χ0v) is 29.0. The first-order valence-electron chi connectivity index (χ1n) is 16.3. The quantitative estimate of drug-likeness (QED) is 0.342. The number of esters is 1. The summed E-state index contributed by atoms with van der Waals surface area (Å²) in [5, 5.41) is 11.3. The van der Waals surface area contributed by atoms with Crippen LogP contribution in [0.4, 0.5) is 0 Å². The van der Waals surface area contributed by atoms with Crippen molar-refractivity contribution in [3.05, 3.63) is 0 Å². The fourth-order valence-corrected chi connectivity index (χ4v) is 7.89. The standard InChI is InChI=1S/C33H61N3O7/c1-13-14-36-18-24(19-36)26-23(5)42-31(39)32(6,7)28(38)22(4)29(33(8,40-12)16-20(2)17-35(26)11)43-30-27(37)25(34(9)10)15-21(3)41-30/h20-27,29-30,37H,13-19H2,1-12H3/t20-,21-,22+,23-,25+,26+,27-,29-,30+,33-/m1/s1. The van der Waals surface area contributed by atoms with E-state index in [1.807, 2.05) is 39.8 Å². The van der Waals surface area contributed by atoms with Crippen molar-refractivity contribution in [2.45, 2.75) is 123 Å². The molecular weight excluding hydrogens is 550 g/mol. The third-order valence-corrected chi connectivity index (χ3v) is 10.3. The molecule has 0 aromatic rings. The molecule has 0 amide bonds. The van der Waals surface area contributed by atoms with Gasteiger partial charge in [-0.2, -0.15) is 0 Å². The number of likely N-dealkylation sites (tertiary alicyclic amines) is 1. The lowest BCUT2D eigenvalue weighted by Crippen LogP contribution is -2.60. The number of likely N-dealkylation sites (N-methyl/N-ethyl adjacent to an activating group) is 2. The van der Waals surface area contributed by atoms with Gasteiger partial charge in [0.2, 0.25) is 0 Å². The van der Waals surface area contributed by atoms with Crippen LogP contribution in [0.5, 0.6) is 0 Å². The Labute approximate surface area is 260 Å². The van der Waals surface area contributed by atoms with Crippen LogP contribution < -0.4 is 0 Å². The monoisotopic (exact) mass is 611 g/mol.